The van der Waals surface area contributed by atoms with Crippen molar-refractivity contribution in [1.29, 1.82) is 0 Å². The fourth-order valence-electron chi connectivity index (χ4n) is 0.358. The summed E-state index contributed by atoms with van der Waals surface area (Å²) in [5.74, 6) is 0.629. The van der Waals surface area contributed by atoms with Gasteiger partial charge in [-0.15, -0.1) is 0 Å². The summed E-state index contributed by atoms with van der Waals surface area (Å²) in [6, 6.07) is 0. The number of nitrogens with one attached hydrogen (secondary N) is 1. The number of hydrogen-bond acceptors (Lipinski definition) is 5. The van der Waals surface area contributed by atoms with E-state index >= 15 is 0 Å². The van der Waals surface area contributed by atoms with Gasteiger partial charge in [0.15, 0.2) is 0 Å². The van der Waals surface area contributed by atoms with Gasteiger partial charge in [0.25, 0.3) is 0 Å². The molecule has 0 heterocycles. The standard InChI is InChI=1S/C4H12N2O2S2/c1-10(7,8)3-2-6-9-4-5/h6H,2-5H2,1H3. The molecule has 10 heavy (non-hydrogen) atoms. The first-order valence-electron chi connectivity index (χ1n) is 2.78. The van der Waals surface area contributed by atoms with Crippen LogP contribution in [0.15, 0.2) is 0 Å². The summed E-state index contributed by atoms with van der Waals surface area (Å²) in [6.45, 7) is 0.459. The van der Waals surface area contributed by atoms with E-state index in [-0.39, 0.29) is 5.75 Å². The summed E-state index contributed by atoms with van der Waals surface area (Å²) in [5.41, 5.74) is 5.13. The Hall–Kier alpha value is 0.220. The molecule has 4 nitrogen and oxygen atoms in total. The van der Waals surface area contributed by atoms with E-state index in [2.05, 4.69) is 4.72 Å². The lowest BCUT2D eigenvalue weighted by atomic mass is 10.8. The summed E-state index contributed by atoms with van der Waals surface area (Å²) >= 11 is 1.31. The molecule has 0 aliphatic carbocycles. The number of nitrogens with two attached hydrogens (primary N) is 1. The van der Waals surface area contributed by atoms with Crippen LogP contribution in [0, 0.1) is 0 Å². The van der Waals surface area contributed by atoms with Gasteiger partial charge >= 0.3 is 0 Å². The van der Waals surface area contributed by atoms with Crippen molar-refractivity contribution in [2.45, 2.75) is 0 Å². The average Bonchev–Trinajstić information content (AvgIpc) is 1.78. The van der Waals surface area contributed by atoms with Crippen LogP contribution in [0.25, 0.3) is 0 Å². The first-order valence-corrected chi connectivity index (χ1v) is 5.83. The highest BCUT2D eigenvalue weighted by molar-refractivity contribution is 7.97. The molecule has 0 amide bonds. The Bertz CT molecular complexity index is 166. The molecule has 0 aliphatic heterocycles. The smallest absolute Gasteiger partial charge is 0.148 e. The highest BCUT2D eigenvalue weighted by Crippen LogP contribution is 1.86. The van der Waals surface area contributed by atoms with E-state index in [9.17, 15) is 8.42 Å². The highest BCUT2D eigenvalue weighted by atomic mass is 32.2. The van der Waals surface area contributed by atoms with E-state index in [0.29, 0.717) is 12.4 Å². The van der Waals surface area contributed by atoms with Crippen molar-refractivity contribution in [2.75, 3.05) is 24.4 Å². The van der Waals surface area contributed by atoms with Gasteiger partial charge in [0.2, 0.25) is 0 Å². The quantitative estimate of drug-likeness (QED) is 0.332. The fourth-order valence-corrected chi connectivity index (χ4v) is 1.32. The number of sulfone groups is 1. The first-order chi connectivity index (χ1) is 4.56. The molecule has 0 aromatic rings. The molecule has 0 aromatic carbocycles. The van der Waals surface area contributed by atoms with Gasteiger partial charge in [-0.2, -0.15) is 0 Å². The van der Waals surface area contributed by atoms with Crippen molar-refractivity contribution in [1.82, 2.24) is 4.72 Å². The van der Waals surface area contributed by atoms with Crippen LogP contribution in [0.5, 0.6) is 0 Å². The molecule has 0 spiro atoms. The van der Waals surface area contributed by atoms with E-state index in [1.54, 1.807) is 0 Å². The second-order valence-electron chi connectivity index (χ2n) is 1.84. The Morgan fingerprint density at radius 3 is 2.60 bits per heavy atom. The van der Waals surface area contributed by atoms with Gasteiger partial charge in [-0.3, -0.25) is 4.72 Å². The monoisotopic (exact) mass is 184 g/mol. The third-order valence-electron chi connectivity index (χ3n) is 0.760. The maximum atomic E-state index is 10.5. The van der Waals surface area contributed by atoms with Gasteiger partial charge in [-0.1, -0.05) is 11.9 Å². The molecular weight excluding hydrogens is 172 g/mol. The summed E-state index contributed by atoms with van der Waals surface area (Å²) in [7, 11) is -2.82. The minimum Gasteiger partial charge on any atom is -0.321 e. The van der Waals surface area contributed by atoms with Crippen molar-refractivity contribution >= 4 is 21.8 Å². The zero-order valence-corrected chi connectivity index (χ0v) is 7.46. The Labute approximate surface area is 65.6 Å². The normalized spacial score (nSPS) is 11.8. The molecule has 0 atom stereocenters. The molecule has 0 unspecified atom stereocenters. The third kappa shape index (κ3) is 8.22. The zero-order valence-electron chi connectivity index (χ0n) is 5.83. The largest absolute Gasteiger partial charge is 0.321 e. The van der Waals surface area contributed by atoms with Crippen LogP contribution < -0.4 is 10.5 Å². The van der Waals surface area contributed by atoms with Crippen LogP contribution in [0.3, 0.4) is 0 Å². The SMILES string of the molecule is CS(=O)(=O)CCNSCN. The minimum atomic E-state index is -2.82. The molecular formula is C4H12N2O2S2. The van der Waals surface area contributed by atoms with Crippen molar-refractivity contribution in [3.63, 3.8) is 0 Å². The molecule has 0 aliphatic rings. The van der Waals surface area contributed by atoms with E-state index in [4.69, 9.17) is 5.73 Å². The van der Waals surface area contributed by atoms with Crippen LogP contribution in [0.2, 0.25) is 0 Å². The molecule has 0 bridgehead atoms. The van der Waals surface area contributed by atoms with Gasteiger partial charge in [0, 0.05) is 12.8 Å². The van der Waals surface area contributed by atoms with Crippen molar-refractivity contribution in [2.24, 2.45) is 5.73 Å². The number of hydrogen-bond donors (Lipinski definition) is 2. The Morgan fingerprint density at radius 1 is 1.60 bits per heavy atom. The lowest BCUT2D eigenvalue weighted by molar-refractivity contribution is 0.601. The maximum absolute atomic E-state index is 10.5. The lowest BCUT2D eigenvalue weighted by Crippen LogP contribution is -2.18. The van der Waals surface area contributed by atoms with Gasteiger partial charge in [-0.25, -0.2) is 8.42 Å². The first kappa shape index (κ1) is 10.2. The second kappa shape index (κ2) is 4.95. The van der Waals surface area contributed by atoms with Crippen molar-refractivity contribution in [3.05, 3.63) is 0 Å². The van der Waals surface area contributed by atoms with Gasteiger partial charge in [-0.05, 0) is 0 Å². The van der Waals surface area contributed by atoms with Crippen molar-refractivity contribution < 1.29 is 8.42 Å². The molecule has 0 saturated carbocycles. The minimum absolute atomic E-state index is 0.167. The van der Waals surface area contributed by atoms with Crippen LogP contribution in [0.4, 0.5) is 0 Å². The predicted molar refractivity (Wildman–Crippen MR) is 44.4 cm³/mol. The molecule has 6 heteroatoms. The molecule has 0 radical (unpaired) electrons. The highest BCUT2D eigenvalue weighted by Gasteiger charge is 1.99. The summed E-state index contributed by atoms with van der Waals surface area (Å²) in [4.78, 5) is 0. The second-order valence-corrected chi connectivity index (χ2v) is 5.01. The third-order valence-corrected chi connectivity index (χ3v) is 2.28. The van der Waals surface area contributed by atoms with Crippen LogP contribution in [-0.4, -0.2) is 32.8 Å². The molecule has 0 rings (SSSR count). The average molecular weight is 184 g/mol. The van der Waals surface area contributed by atoms with Gasteiger partial charge < -0.3 is 5.73 Å². The van der Waals surface area contributed by atoms with E-state index < -0.39 is 9.84 Å². The summed E-state index contributed by atoms with van der Waals surface area (Å²) in [5, 5.41) is 0. The van der Waals surface area contributed by atoms with Gasteiger partial charge in [0.1, 0.15) is 9.84 Å². The fraction of sp³-hybridized carbons (Fsp3) is 1.00. The van der Waals surface area contributed by atoms with Crippen molar-refractivity contribution in [3.8, 4) is 0 Å². The Morgan fingerprint density at radius 2 is 2.20 bits per heavy atom. The van der Waals surface area contributed by atoms with Crippen LogP contribution >= 0.6 is 11.9 Å². The van der Waals surface area contributed by atoms with Crippen LogP contribution in [0.1, 0.15) is 0 Å². The van der Waals surface area contributed by atoms with E-state index in [1.807, 2.05) is 0 Å². The lowest BCUT2D eigenvalue weighted by Gasteiger charge is -1.98. The topological polar surface area (TPSA) is 72.2 Å². The summed E-state index contributed by atoms with van der Waals surface area (Å²) in [6.07, 6.45) is 1.21. The van der Waals surface area contributed by atoms with Gasteiger partial charge in [0.05, 0.1) is 11.6 Å². The molecule has 0 saturated heterocycles. The molecule has 0 aromatic heterocycles. The van der Waals surface area contributed by atoms with E-state index in [0.717, 1.165) is 0 Å². The number of rotatable bonds is 5. The van der Waals surface area contributed by atoms with E-state index in [1.165, 1.54) is 18.2 Å². The Balaban J connectivity index is 3.21. The van der Waals surface area contributed by atoms with Crippen LogP contribution in [-0.2, 0) is 9.84 Å². The molecule has 0 fully saturated rings. The molecule has 3 N–H and O–H groups in total. The zero-order chi connectivity index (χ0) is 8.04. The summed E-state index contributed by atoms with van der Waals surface area (Å²) < 4.78 is 23.8. The predicted octanol–water partition coefficient (Wildman–Crippen LogP) is -0.815. The molecule has 62 valence electrons. The maximum Gasteiger partial charge on any atom is 0.148 e. The Kier molecular flexibility index (Phi) is 5.06.